The molecule has 1 aliphatic rings. The maximum atomic E-state index is 10.4. The summed E-state index contributed by atoms with van der Waals surface area (Å²) in [7, 11) is 0. The van der Waals surface area contributed by atoms with Gasteiger partial charge in [0.05, 0.1) is 5.60 Å². The number of hydrogen-bond donors (Lipinski definition) is 2. The van der Waals surface area contributed by atoms with E-state index in [0.29, 0.717) is 0 Å². The Balaban J connectivity index is 2.20. The molecular formula is C14H29NO. The van der Waals surface area contributed by atoms with Gasteiger partial charge in [0.2, 0.25) is 0 Å². The first-order valence-electron chi connectivity index (χ1n) is 7.02. The molecule has 0 aromatic rings. The second kappa shape index (κ2) is 6.61. The fourth-order valence-corrected chi connectivity index (χ4v) is 2.50. The molecule has 2 N–H and O–H groups in total. The Morgan fingerprint density at radius 2 is 1.94 bits per heavy atom. The highest BCUT2D eigenvalue weighted by Crippen LogP contribution is 2.33. The van der Waals surface area contributed by atoms with Crippen molar-refractivity contribution < 1.29 is 5.11 Å². The lowest BCUT2D eigenvalue weighted by molar-refractivity contribution is -0.00900. The molecule has 0 saturated heterocycles. The first-order valence-corrected chi connectivity index (χ1v) is 7.02. The Labute approximate surface area is 101 Å². The van der Waals surface area contributed by atoms with E-state index in [0.717, 1.165) is 37.8 Å². The molecule has 1 unspecified atom stereocenters. The highest BCUT2D eigenvalue weighted by atomic mass is 16.3. The third-order valence-electron chi connectivity index (χ3n) is 4.26. The molecule has 1 aliphatic carbocycles. The molecule has 16 heavy (non-hydrogen) atoms. The summed E-state index contributed by atoms with van der Waals surface area (Å²) in [6.07, 6.45) is 6.87. The van der Waals surface area contributed by atoms with Gasteiger partial charge in [0.25, 0.3) is 0 Å². The summed E-state index contributed by atoms with van der Waals surface area (Å²) in [6.45, 7) is 8.55. The van der Waals surface area contributed by atoms with Crippen molar-refractivity contribution in [3.05, 3.63) is 0 Å². The number of aliphatic hydroxyl groups is 1. The molecule has 2 nitrogen and oxygen atoms in total. The average molecular weight is 227 g/mol. The standard InChI is InChI=1S/C14H29NO/c1-4-12(3)10-15-11-14(16)8-6-13(5-2)7-9-14/h12-13,15-16H,4-11H2,1-3H3. The lowest BCUT2D eigenvalue weighted by Gasteiger charge is -2.36. The normalized spacial score (nSPS) is 32.6. The van der Waals surface area contributed by atoms with E-state index in [2.05, 4.69) is 26.1 Å². The summed E-state index contributed by atoms with van der Waals surface area (Å²) in [5.41, 5.74) is -0.418. The molecule has 1 rings (SSSR count). The first-order chi connectivity index (χ1) is 7.59. The van der Waals surface area contributed by atoms with Gasteiger partial charge >= 0.3 is 0 Å². The Morgan fingerprint density at radius 1 is 1.31 bits per heavy atom. The monoisotopic (exact) mass is 227 g/mol. The van der Waals surface area contributed by atoms with E-state index in [-0.39, 0.29) is 0 Å². The van der Waals surface area contributed by atoms with Gasteiger partial charge < -0.3 is 10.4 Å². The molecule has 0 heterocycles. The fraction of sp³-hybridized carbons (Fsp3) is 1.00. The average Bonchev–Trinajstić information content (AvgIpc) is 2.30. The van der Waals surface area contributed by atoms with E-state index in [1.165, 1.54) is 25.7 Å². The van der Waals surface area contributed by atoms with Crippen LogP contribution in [-0.4, -0.2) is 23.8 Å². The van der Waals surface area contributed by atoms with Crippen LogP contribution in [0.3, 0.4) is 0 Å². The minimum absolute atomic E-state index is 0.418. The van der Waals surface area contributed by atoms with E-state index in [1.54, 1.807) is 0 Å². The zero-order valence-corrected chi connectivity index (χ0v) is 11.3. The Morgan fingerprint density at radius 3 is 2.44 bits per heavy atom. The van der Waals surface area contributed by atoms with Gasteiger partial charge in [-0.3, -0.25) is 0 Å². The third-order valence-corrected chi connectivity index (χ3v) is 4.26. The molecule has 2 heteroatoms. The van der Waals surface area contributed by atoms with E-state index in [1.807, 2.05) is 0 Å². The highest BCUT2D eigenvalue weighted by molar-refractivity contribution is 4.87. The SMILES string of the molecule is CCC(C)CNCC1(O)CCC(CC)CC1. The minimum atomic E-state index is -0.418. The summed E-state index contributed by atoms with van der Waals surface area (Å²) in [5, 5.41) is 13.8. The van der Waals surface area contributed by atoms with E-state index in [4.69, 9.17) is 0 Å². The Bertz CT molecular complexity index is 185. The van der Waals surface area contributed by atoms with Gasteiger partial charge in [0.1, 0.15) is 0 Å². The summed E-state index contributed by atoms with van der Waals surface area (Å²) in [6, 6.07) is 0. The molecule has 0 spiro atoms. The van der Waals surface area contributed by atoms with Gasteiger partial charge in [-0.15, -0.1) is 0 Å². The van der Waals surface area contributed by atoms with Crippen molar-refractivity contribution >= 4 is 0 Å². The van der Waals surface area contributed by atoms with Gasteiger partial charge in [-0.1, -0.05) is 33.6 Å². The predicted octanol–water partition coefficient (Wildman–Crippen LogP) is 2.95. The van der Waals surface area contributed by atoms with Crippen molar-refractivity contribution in [1.82, 2.24) is 5.32 Å². The molecule has 0 aliphatic heterocycles. The van der Waals surface area contributed by atoms with Crippen molar-refractivity contribution in [3.8, 4) is 0 Å². The topological polar surface area (TPSA) is 32.3 Å². The van der Waals surface area contributed by atoms with Crippen LogP contribution in [0.5, 0.6) is 0 Å². The van der Waals surface area contributed by atoms with Gasteiger partial charge in [-0.2, -0.15) is 0 Å². The van der Waals surface area contributed by atoms with E-state index in [9.17, 15) is 5.11 Å². The van der Waals surface area contributed by atoms with Crippen LogP contribution in [0.15, 0.2) is 0 Å². The van der Waals surface area contributed by atoms with Crippen molar-refractivity contribution in [2.45, 2.75) is 64.9 Å². The first kappa shape index (κ1) is 14.0. The minimum Gasteiger partial charge on any atom is -0.389 e. The fourth-order valence-electron chi connectivity index (χ4n) is 2.50. The maximum Gasteiger partial charge on any atom is 0.0771 e. The van der Waals surface area contributed by atoms with Crippen molar-refractivity contribution in [2.24, 2.45) is 11.8 Å². The van der Waals surface area contributed by atoms with Gasteiger partial charge in [0.15, 0.2) is 0 Å². The summed E-state index contributed by atoms with van der Waals surface area (Å²) in [4.78, 5) is 0. The van der Waals surface area contributed by atoms with Crippen LogP contribution in [0.4, 0.5) is 0 Å². The number of nitrogens with one attached hydrogen (secondary N) is 1. The van der Waals surface area contributed by atoms with Gasteiger partial charge in [0, 0.05) is 6.54 Å². The van der Waals surface area contributed by atoms with Crippen LogP contribution in [0.25, 0.3) is 0 Å². The molecule has 1 saturated carbocycles. The number of hydrogen-bond acceptors (Lipinski definition) is 2. The lowest BCUT2D eigenvalue weighted by Crippen LogP contribution is -2.44. The Hall–Kier alpha value is -0.0800. The summed E-state index contributed by atoms with van der Waals surface area (Å²) in [5.74, 6) is 1.57. The number of rotatable bonds is 6. The quantitative estimate of drug-likeness (QED) is 0.731. The highest BCUT2D eigenvalue weighted by Gasteiger charge is 2.32. The van der Waals surface area contributed by atoms with Crippen LogP contribution >= 0.6 is 0 Å². The van der Waals surface area contributed by atoms with Crippen molar-refractivity contribution in [1.29, 1.82) is 0 Å². The summed E-state index contributed by atoms with van der Waals surface area (Å²) >= 11 is 0. The molecule has 0 bridgehead atoms. The molecule has 96 valence electrons. The van der Waals surface area contributed by atoms with Crippen LogP contribution in [0.1, 0.15) is 59.3 Å². The molecule has 0 radical (unpaired) electrons. The smallest absolute Gasteiger partial charge is 0.0771 e. The van der Waals surface area contributed by atoms with E-state index < -0.39 is 5.60 Å². The van der Waals surface area contributed by atoms with Crippen LogP contribution in [0, 0.1) is 11.8 Å². The molecule has 1 atom stereocenters. The molecule has 1 fully saturated rings. The lowest BCUT2D eigenvalue weighted by atomic mass is 9.78. The van der Waals surface area contributed by atoms with Gasteiger partial charge in [-0.05, 0) is 44.1 Å². The second-order valence-corrected chi connectivity index (χ2v) is 5.72. The second-order valence-electron chi connectivity index (χ2n) is 5.72. The predicted molar refractivity (Wildman–Crippen MR) is 69.5 cm³/mol. The van der Waals surface area contributed by atoms with E-state index >= 15 is 0 Å². The van der Waals surface area contributed by atoms with Crippen molar-refractivity contribution in [3.63, 3.8) is 0 Å². The van der Waals surface area contributed by atoms with Crippen molar-refractivity contribution in [2.75, 3.05) is 13.1 Å². The summed E-state index contributed by atoms with van der Waals surface area (Å²) < 4.78 is 0. The molecule has 0 aromatic heterocycles. The zero-order chi connectivity index (χ0) is 12.0. The maximum absolute atomic E-state index is 10.4. The third kappa shape index (κ3) is 4.42. The zero-order valence-electron chi connectivity index (χ0n) is 11.3. The molecule has 0 aromatic carbocycles. The van der Waals surface area contributed by atoms with Crippen LogP contribution < -0.4 is 5.32 Å². The largest absolute Gasteiger partial charge is 0.389 e. The van der Waals surface area contributed by atoms with Gasteiger partial charge in [-0.25, -0.2) is 0 Å². The molecular weight excluding hydrogens is 198 g/mol. The Kier molecular flexibility index (Phi) is 5.77. The van der Waals surface area contributed by atoms with Crippen LogP contribution in [-0.2, 0) is 0 Å². The molecule has 0 amide bonds. The van der Waals surface area contributed by atoms with Crippen LogP contribution in [0.2, 0.25) is 0 Å².